The first-order valence-corrected chi connectivity index (χ1v) is 6.62. The summed E-state index contributed by atoms with van der Waals surface area (Å²) < 4.78 is 0. The van der Waals surface area contributed by atoms with Gasteiger partial charge in [0, 0.05) is 25.3 Å². The number of rotatable bonds is 6. The Hall–Kier alpha value is -1.09. The number of nitrogens with one attached hydrogen (secondary N) is 1. The van der Waals surface area contributed by atoms with Gasteiger partial charge in [-0.25, -0.2) is 4.98 Å². The number of aryl methyl sites for hydroxylation is 1. The van der Waals surface area contributed by atoms with Crippen LogP contribution in [0.15, 0.2) is 12.1 Å². The fourth-order valence-corrected chi connectivity index (χ4v) is 2.01. The van der Waals surface area contributed by atoms with Crippen LogP contribution < -0.4 is 10.2 Å². The van der Waals surface area contributed by atoms with Crippen LogP contribution in [0.4, 0.5) is 5.82 Å². The maximum Gasteiger partial charge on any atom is 0.128 e. The van der Waals surface area contributed by atoms with Crippen LogP contribution in [-0.4, -0.2) is 24.6 Å². The highest BCUT2D eigenvalue weighted by molar-refractivity contribution is 5.43. The summed E-state index contributed by atoms with van der Waals surface area (Å²) in [6, 6.07) is 5.08. The fourth-order valence-electron chi connectivity index (χ4n) is 2.01. The van der Waals surface area contributed by atoms with Crippen LogP contribution in [0, 0.1) is 6.92 Å². The van der Waals surface area contributed by atoms with Crippen molar-refractivity contribution in [1.29, 1.82) is 0 Å². The lowest BCUT2D eigenvalue weighted by Gasteiger charge is -2.18. The number of nitrogens with zero attached hydrogens (tertiary/aromatic N) is 2. The van der Waals surface area contributed by atoms with Gasteiger partial charge in [-0.05, 0) is 44.4 Å². The first kappa shape index (κ1) is 12.4. The Morgan fingerprint density at radius 3 is 2.76 bits per heavy atom. The molecule has 3 heteroatoms. The summed E-state index contributed by atoms with van der Waals surface area (Å²) in [4.78, 5) is 7.00. The third-order valence-electron chi connectivity index (χ3n) is 3.38. The topological polar surface area (TPSA) is 28.2 Å². The molecule has 0 spiro atoms. The SMILES string of the molecule is CCCNCc1ccc(N(C)C2CC2)nc1C. The molecule has 0 unspecified atom stereocenters. The van der Waals surface area contributed by atoms with Crippen molar-refractivity contribution in [1.82, 2.24) is 10.3 Å². The van der Waals surface area contributed by atoms with Gasteiger partial charge in [-0.15, -0.1) is 0 Å². The van der Waals surface area contributed by atoms with E-state index in [9.17, 15) is 0 Å². The minimum atomic E-state index is 0.728. The van der Waals surface area contributed by atoms with Gasteiger partial charge >= 0.3 is 0 Å². The molecule has 3 nitrogen and oxygen atoms in total. The second-order valence-electron chi connectivity index (χ2n) is 4.93. The van der Waals surface area contributed by atoms with Crippen molar-refractivity contribution in [2.24, 2.45) is 0 Å². The van der Waals surface area contributed by atoms with Crippen molar-refractivity contribution in [3.63, 3.8) is 0 Å². The van der Waals surface area contributed by atoms with Gasteiger partial charge in [0.1, 0.15) is 5.82 Å². The Kier molecular flexibility index (Phi) is 4.00. The van der Waals surface area contributed by atoms with Crippen LogP contribution in [0.2, 0.25) is 0 Å². The molecule has 1 N–H and O–H groups in total. The quantitative estimate of drug-likeness (QED) is 0.765. The van der Waals surface area contributed by atoms with E-state index in [2.05, 4.69) is 43.2 Å². The van der Waals surface area contributed by atoms with Crippen LogP contribution in [0.1, 0.15) is 37.4 Å². The van der Waals surface area contributed by atoms with Gasteiger partial charge < -0.3 is 10.2 Å². The summed E-state index contributed by atoms with van der Waals surface area (Å²) in [7, 11) is 2.15. The summed E-state index contributed by atoms with van der Waals surface area (Å²) in [5.41, 5.74) is 2.46. The largest absolute Gasteiger partial charge is 0.357 e. The molecule has 1 aromatic rings. The van der Waals surface area contributed by atoms with E-state index >= 15 is 0 Å². The van der Waals surface area contributed by atoms with Gasteiger partial charge in [0.05, 0.1) is 0 Å². The lowest BCUT2D eigenvalue weighted by Crippen LogP contribution is -2.21. The van der Waals surface area contributed by atoms with Crippen molar-refractivity contribution in [2.45, 2.75) is 45.7 Å². The number of hydrogen-bond acceptors (Lipinski definition) is 3. The molecule has 1 aliphatic rings. The van der Waals surface area contributed by atoms with E-state index in [1.165, 1.54) is 24.8 Å². The highest BCUT2D eigenvalue weighted by Crippen LogP contribution is 2.29. The predicted octanol–water partition coefficient (Wildman–Crippen LogP) is 2.49. The zero-order valence-electron chi connectivity index (χ0n) is 11.2. The Bertz CT molecular complexity index is 372. The Morgan fingerprint density at radius 1 is 1.41 bits per heavy atom. The lowest BCUT2D eigenvalue weighted by atomic mass is 10.2. The van der Waals surface area contributed by atoms with Gasteiger partial charge in [0.15, 0.2) is 0 Å². The number of hydrogen-bond donors (Lipinski definition) is 1. The van der Waals surface area contributed by atoms with E-state index in [-0.39, 0.29) is 0 Å². The van der Waals surface area contributed by atoms with Gasteiger partial charge in [-0.1, -0.05) is 13.0 Å². The zero-order valence-corrected chi connectivity index (χ0v) is 11.2. The van der Waals surface area contributed by atoms with E-state index in [4.69, 9.17) is 4.98 Å². The molecule has 94 valence electrons. The molecule has 0 atom stereocenters. The van der Waals surface area contributed by atoms with Crippen LogP contribution in [0.25, 0.3) is 0 Å². The molecule has 0 bridgehead atoms. The summed E-state index contributed by atoms with van der Waals surface area (Å²) in [5.74, 6) is 1.12. The monoisotopic (exact) mass is 233 g/mol. The Morgan fingerprint density at radius 2 is 2.18 bits per heavy atom. The average Bonchev–Trinajstić information content (AvgIpc) is 3.14. The van der Waals surface area contributed by atoms with Crippen molar-refractivity contribution >= 4 is 5.82 Å². The molecule has 0 aliphatic heterocycles. The standard InChI is InChI=1S/C14H23N3/c1-4-9-15-10-12-5-8-14(16-11(12)2)17(3)13-6-7-13/h5,8,13,15H,4,6-7,9-10H2,1-3H3. The van der Waals surface area contributed by atoms with E-state index < -0.39 is 0 Å². The lowest BCUT2D eigenvalue weighted by molar-refractivity contribution is 0.670. The summed E-state index contributed by atoms with van der Waals surface area (Å²) in [6.45, 7) is 6.29. The predicted molar refractivity (Wildman–Crippen MR) is 72.4 cm³/mol. The van der Waals surface area contributed by atoms with Gasteiger partial charge in [0.25, 0.3) is 0 Å². The molecule has 0 aromatic carbocycles. The molecule has 1 heterocycles. The first-order valence-electron chi connectivity index (χ1n) is 6.62. The average molecular weight is 233 g/mol. The highest BCUT2D eigenvalue weighted by atomic mass is 15.2. The molecule has 0 radical (unpaired) electrons. The molecule has 1 aliphatic carbocycles. The van der Waals surface area contributed by atoms with E-state index in [0.29, 0.717) is 0 Å². The Labute approximate surface area is 104 Å². The summed E-state index contributed by atoms with van der Waals surface area (Å²) >= 11 is 0. The molecule has 2 rings (SSSR count). The highest BCUT2D eigenvalue weighted by Gasteiger charge is 2.27. The van der Waals surface area contributed by atoms with E-state index in [1.807, 2.05) is 0 Å². The normalized spacial score (nSPS) is 15.0. The minimum Gasteiger partial charge on any atom is -0.357 e. The van der Waals surface area contributed by atoms with Crippen molar-refractivity contribution < 1.29 is 0 Å². The number of pyridine rings is 1. The third kappa shape index (κ3) is 3.19. The number of aromatic nitrogens is 1. The first-order chi connectivity index (χ1) is 8.22. The maximum absolute atomic E-state index is 4.70. The fraction of sp³-hybridized carbons (Fsp3) is 0.643. The van der Waals surface area contributed by atoms with Crippen molar-refractivity contribution in [3.05, 3.63) is 23.4 Å². The van der Waals surface area contributed by atoms with Gasteiger partial charge in [-0.2, -0.15) is 0 Å². The van der Waals surface area contributed by atoms with E-state index in [0.717, 1.165) is 30.6 Å². The number of anilines is 1. The van der Waals surface area contributed by atoms with E-state index in [1.54, 1.807) is 0 Å². The summed E-state index contributed by atoms with van der Waals surface area (Å²) in [6.07, 6.45) is 3.81. The molecule has 0 amide bonds. The molecular weight excluding hydrogens is 210 g/mol. The molecular formula is C14H23N3. The minimum absolute atomic E-state index is 0.728. The van der Waals surface area contributed by atoms with Crippen LogP contribution in [-0.2, 0) is 6.54 Å². The van der Waals surface area contributed by atoms with Crippen molar-refractivity contribution in [2.75, 3.05) is 18.5 Å². The molecule has 17 heavy (non-hydrogen) atoms. The third-order valence-corrected chi connectivity index (χ3v) is 3.38. The van der Waals surface area contributed by atoms with Gasteiger partial charge in [-0.3, -0.25) is 0 Å². The second kappa shape index (κ2) is 5.50. The summed E-state index contributed by atoms with van der Waals surface area (Å²) in [5, 5.41) is 3.42. The zero-order chi connectivity index (χ0) is 12.3. The van der Waals surface area contributed by atoms with Crippen molar-refractivity contribution in [3.8, 4) is 0 Å². The van der Waals surface area contributed by atoms with Gasteiger partial charge in [0.2, 0.25) is 0 Å². The molecule has 1 aromatic heterocycles. The van der Waals surface area contributed by atoms with Crippen LogP contribution in [0.5, 0.6) is 0 Å². The molecule has 1 saturated carbocycles. The molecule has 0 saturated heterocycles. The smallest absolute Gasteiger partial charge is 0.128 e. The molecule has 1 fully saturated rings. The second-order valence-corrected chi connectivity index (χ2v) is 4.93. The Balaban J connectivity index is 2.00. The van der Waals surface area contributed by atoms with Crippen LogP contribution in [0.3, 0.4) is 0 Å². The maximum atomic E-state index is 4.70. The van der Waals surface area contributed by atoms with Crippen LogP contribution >= 0.6 is 0 Å².